The first-order chi connectivity index (χ1) is 8.72. The number of ether oxygens (including phenoxy) is 1. The summed E-state index contributed by atoms with van der Waals surface area (Å²) in [5, 5.41) is 17.6. The zero-order valence-corrected chi connectivity index (χ0v) is 9.22. The van der Waals surface area contributed by atoms with Gasteiger partial charge in [0.1, 0.15) is 29.5 Å². The molecule has 86 valence electrons. The zero-order chi connectivity index (χ0) is 13.0. The average molecular weight is 238 g/mol. The molecule has 0 spiro atoms. The molecule has 4 heteroatoms. The van der Waals surface area contributed by atoms with E-state index >= 15 is 0 Å². The van der Waals surface area contributed by atoms with E-state index < -0.39 is 0 Å². The van der Waals surface area contributed by atoms with Gasteiger partial charge in [0.05, 0.1) is 11.1 Å². The number of hydrogen-bond donors (Lipinski definition) is 0. The van der Waals surface area contributed by atoms with E-state index in [0.717, 1.165) is 0 Å². The van der Waals surface area contributed by atoms with Crippen LogP contribution >= 0.6 is 0 Å². The van der Waals surface area contributed by atoms with Crippen molar-refractivity contribution in [1.29, 1.82) is 10.5 Å². The molecule has 0 aliphatic heterocycles. The average Bonchev–Trinajstić information content (AvgIpc) is 2.41. The normalized spacial score (nSPS) is 9.28. The first-order valence-corrected chi connectivity index (χ1v) is 5.10. The lowest BCUT2D eigenvalue weighted by Crippen LogP contribution is -1.88. The van der Waals surface area contributed by atoms with Crippen LogP contribution < -0.4 is 4.74 Å². The van der Waals surface area contributed by atoms with Gasteiger partial charge < -0.3 is 4.74 Å². The van der Waals surface area contributed by atoms with E-state index in [1.807, 2.05) is 12.1 Å². The third kappa shape index (κ3) is 2.45. The minimum Gasteiger partial charge on any atom is -0.457 e. The van der Waals surface area contributed by atoms with Crippen LogP contribution in [-0.4, -0.2) is 0 Å². The fraction of sp³-hybridized carbons (Fsp3) is 0. The summed E-state index contributed by atoms with van der Waals surface area (Å²) in [5.41, 5.74) is 0.543. The Labute approximate surface area is 103 Å². The van der Waals surface area contributed by atoms with Gasteiger partial charge in [-0.25, -0.2) is 4.39 Å². The van der Waals surface area contributed by atoms with Crippen LogP contribution in [0.4, 0.5) is 4.39 Å². The molecule has 0 aromatic heterocycles. The van der Waals surface area contributed by atoms with Crippen molar-refractivity contribution >= 4 is 0 Å². The second kappa shape index (κ2) is 4.99. The number of nitrogens with zero attached hydrogens (tertiary/aromatic N) is 2. The van der Waals surface area contributed by atoms with Crippen molar-refractivity contribution in [3.63, 3.8) is 0 Å². The van der Waals surface area contributed by atoms with Gasteiger partial charge in [0, 0.05) is 0 Å². The summed E-state index contributed by atoms with van der Waals surface area (Å²) >= 11 is 0. The van der Waals surface area contributed by atoms with Crippen molar-refractivity contribution in [2.45, 2.75) is 0 Å². The zero-order valence-electron chi connectivity index (χ0n) is 9.22. The van der Waals surface area contributed by atoms with E-state index in [4.69, 9.17) is 15.3 Å². The van der Waals surface area contributed by atoms with Gasteiger partial charge in [-0.05, 0) is 42.5 Å². The molecule has 0 unspecified atom stereocenters. The van der Waals surface area contributed by atoms with Crippen LogP contribution in [0.2, 0.25) is 0 Å². The van der Waals surface area contributed by atoms with Crippen molar-refractivity contribution in [2.75, 3.05) is 0 Å². The quantitative estimate of drug-likeness (QED) is 0.805. The van der Waals surface area contributed by atoms with Gasteiger partial charge in [0.15, 0.2) is 0 Å². The Balaban J connectivity index is 2.28. The molecule has 0 heterocycles. The minimum atomic E-state index is -0.347. The van der Waals surface area contributed by atoms with Crippen molar-refractivity contribution in [2.24, 2.45) is 0 Å². The largest absolute Gasteiger partial charge is 0.457 e. The second-order valence-corrected chi connectivity index (χ2v) is 3.49. The first-order valence-electron chi connectivity index (χ1n) is 5.10. The molecule has 0 amide bonds. The molecule has 0 aliphatic rings. The van der Waals surface area contributed by atoms with E-state index in [2.05, 4.69) is 0 Å². The van der Waals surface area contributed by atoms with E-state index in [0.29, 0.717) is 17.1 Å². The van der Waals surface area contributed by atoms with Crippen LogP contribution in [0.3, 0.4) is 0 Å². The van der Waals surface area contributed by atoms with Gasteiger partial charge in [-0.15, -0.1) is 0 Å². The molecule has 0 fully saturated rings. The summed E-state index contributed by atoms with van der Waals surface area (Å²) < 4.78 is 18.2. The lowest BCUT2D eigenvalue weighted by atomic mass is 10.1. The van der Waals surface area contributed by atoms with Crippen molar-refractivity contribution in [3.05, 3.63) is 59.4 Å². The van der Waals surface area contributed by atoms with Crippen LogP contribution in [0.25, 0.3) is 0 Å². The molecular formula is C14H7FN2O. The van der Waals surface area contributed by atoms with Gasteiger partial charge in [-0.1, -0.05) is 0 Å². The Bertz CT molecular complexity index is 651. The van der Waals surface area contributed by atoms with Crippen LogP contribution in [0, 0.1) is 28.5 Å². The maximum absolute atomic E-state index is 12.7. The molecule has 0 saturated carbocycles. The fourth-order valence-electron chi connectivity index (χ4n) is 1.42. The molecule has 0 atom stereocenters. The number of benzene rings is 2. The lowest BCUT2D eigenvalue weighted by Gasteiger charge is -2.06. The third-order valence-electron chi connectivity index (χ3n) is 2.28. The molecule has 3 nitrogen and oxygen atoms in total. The third-order valence-corrected chi connectivity index (χ3v) is 2.28. The van der Waals surface area contributed by atoms with E-state index in [1.54, 1.807) is 6.07 Å². The van der Waals surface area contributed by atoms with Gasteiger partial charge in [-0.2, -0.15) is 10.5 Å². The SMILES string of the molecule is N#Cc1ccc(Oc2ccc(F)cc2)cc1C#N. The molecule has 0 bridgehead atoms. The summed E-state index contributed by atoms with van der Waals surface area (Å²) in [7, 11) is 0. The van der Waals surface area contributed by atoms with Crippen LogP contribution in [0.5, 0.6) is 11.5 Å². The van der Waals surface area contributed by atoms with Crippen molar-refractivity contribution in [3.8, 4) is 23.6 Å². The van der Waals surface area contributed by atoms with Gasteiger partial charge in [0.2, 0.25) is 0 Å². The first kappa shape index (κ1) is 11.6. The van der Waals surface area contributed by atoms with Gasteiger partial charge in [0.25, 0.3) is 0 Å². The molecule has 0 saturated heterocycles. The summed E-state index contributed by atoms with van der Waals surface area (Å²) in [6, 6.07) is 13.9. The number of nitriles is 2. The van der Waals surface area contributed by atoms with E-state index in [9.17, 15) is 4.39 Å². The summed E-state index contributed by atoms with van der Waals surface area (Å²) in [5.74, 6) is 0.544. The van der Waals surface area contributed by atoms with E-state index in [-0.39, 0.29) is 11.4 Å². The standard InChI is InChI=1S/C14H7FN2O/c15-12-2-5-13(6-3-12)18-14-4-1-10(8-16)11(7-14)9-17/h1-7H. The Morgan fingerprint density at radius 3 is 2.06 bits per heavy atom. The highest BCUT2D eigenvalue weighted by atomic mass is 19.1. The van der Waals surface area contributed by atoms with Gasteiger partial charge in [-0.3, -0.25) is 0 Å². The number of halogens is 1. The van der Waals surface area contributed by atoms with Crippen LogP contribution in [-0.2, 0) is 0 Å². The smallest absolute Gasteiger partial charge is 0.128 e. The molecule has 18 heavy (non-hydrogen) atoms. The summed E-state index contributed by atoms with van der Waals surface area (Å²) in [6.45, 7) is 0. The molecule has 0 aliphatic carbocycles. The van der Waals surface area contributed by atoms with Crippen LogP contribution in [0.1, 0.15) is 11.1 Å². The van der Waals surface area contributed by atoms with E-state index in [1.165, 1.54) is 36.4 Å². The van der Waals surface area contributed by atoms with Crippen molar-refractivity contribution < 1.29 is 9.13 Å². The predicted molar refractivity (Wildman–Crippen MR) is 62.3 cm³/mol. The second-order valence-electron chi connectivity index (χ2n) is 3.49. The molecular weight excluding hydrogens is 231 g/mol. The number of hydrogen-bond acceptors (Lipinski definition) is 3. The Kier molecular flexibility index (Phi) is 3.22. The molecule has 2 aromatic carbocycles. The predicted octanol–water partition coefficient (Wildman–Crippen LogP) is 3.36. The molecule has 2 aromatic rings. The molecule has 2 rings (SSSR count). The Hall–Kier alpha value is -2.85. The van der Waals surface area contributed by atoms with Crippen LogP contribution in [0.15, 0.2) is 42.5 Å². The minimum absolute atomic E-state index is 0.247. The van der Waals surface area contributed by atoms with Crippen molar-refractivity contribution in [1.82, 2.24) is 0 Å². The molecule has 0 radical (unpaired) electrons. The highest BCUT2D eigenvalue weighted by Crippen LogP contribution is 2.23. The highest BCUT2D eigenvalue weighted by Gasteiger charge is 2.04. The number of rotatable bonds is 2. The maximum Gasteiger partial charge on any atom is 0.128 e. The molecule has 0 N–H and O–H groups in total. The fourth-order valence-corrected chi connectivity index (χ4v) is 1.42. The summed E-state index contributed by atoms with van der Waals surface area (Å²) in [4.78, 5) is 0. The summed E-state index contributed by atoms with van der Waals surface area (Å²) in [6.07, 6.45) is 0. The maximum atomic E-state index is 12.7. The van der Waals surface area contributed by atoms with Gasteiger partial charge >= 0.3 is 0 Å². The monoisotopic (exact) mass is 238 g/mol. The topological polar surface area (TPSA) is 56.8 Å². The Morgan fingerprint density at radius 2 is 1.44 bits per heavy atom. The Morgan fingerprint density at radius 1 is 0.833 bits per heavy atom. The highest BCUT2D eigenvalue weighted by molar-refractivity contribution is 5.49. The lowest BCUT2D eigenvalue weighted by molar-refractivity contribution is 0.480.